The third kappa shape index (κ3) is 7.43. The molecule has 4 heterocycles. The van der Waals surface area contributed by atoms with Crippen molar-refractivity contribution in [1.82, 2.24) is 29.9 Å². The number of hydrogen-bond donors (Lipinski definition) is 1. The van der Waals surface area contributed by atoms with Crippen molar-refractivity contribution in [1.29, 1.82) is 0 Å². The summed E-state index contributed by atoms with van der Waals surface area (Å²) >= 11 is 6.63. The summed E-state index contributed by atoms with van der Waals surface area (Å²) in [6.45, 7) is 4.41. The van der Waals surface area contributed by atoms with E-state index in [9.17, 15) is 0 Å². The molecule has 11 nitrogen and oxygen atoms in total. The number of nitrogens with one attached hydrogen (secondary N) is 1. The Morgan fingerprint density at radius 3 is 2.56 bits per heavy atom. The number of para-hydroxylation sites is 1. The van der Waals surface area contributed by atoms with Gasteiger partial charge >= 0.3 is 4.84 Å². The molecule has 1 N–H and O–H groups in total. The van der Waals surface area contributed by atoms with Gasteiger partial charge in [0.15, 0.2) is 17.3 Å². The van der Waals surface area contributed by atoms with Crippen molar-refractivity contribution < 1.29 is 23.2 Å². The molecular weight excluding hydrogens is 673 g/mol. The molecule has 7 aromatic rings. The van der Waals surface area contributed by atoms with Crippen LogP contribution in [0, 0.1) is 11.8 Å². The molecule has 0 unspecified atom stereocenters. The zero-order chi connectivity index (χ0) is 34.5. The lowest BCUT2D eigenvalue weighted by atomic mass is 10.1. The molecule has 0 fully saturated rings. The predicted octanol–water partition coefficient (Wildman–Crippen LogP) is 8.90. The molecule has 252 valence electrons. The van der Waals surface area contributed by atoms with Gasteiger partial charge in [0, 0.05) is 22.7 Å². The maximum Gasteiger partial charge on any atom is 0.314 e. The van der Waals surface area contributed by atoms with E-state index < -0.39 is 0 Å². The molecule has 4 aromatic heterocycles. The van der Waals surface area contributed by atoms with Crippen LogP contribution in [-0.4, -0.2) is 37.0 Å². The molecule has 7 rings (SSSR count). The molecule has 50 heavy (non-hydrogen) atoms. The molecular formula is C37H32N6O5S2. The summed E-state index contributed by atoms with van der Waals surface area (Å²) < 4.78 is 31.0. The highest BCUT2D eigenvalue weighted by Gasteiger charge is 2.16. The van der Waals surface area contributed by atoms with Gasteiger partial charge in [-0.15, -0.1) is 16.4 Å². The number of thiazole rings is 1. The van der Waals surface area contributed by atoms with Gasteiger partial charge in [-0.3, -0.25) is 0 Å². The molecule has 0 spiro atoms. The Morgan fingerprint density at radius 2 is 1.78 bits per heavy atom. The third-order valence-corrected chi connectivity index (χ3v) is 8.90. The SMILES string of the molecule is CCc1nc(C=Cc2cn(-c3ccccc3)nc2OCc2ccc(OCc3nc(-c4cccc(-c5nc(=S)o[nH]5)c4)oc3C)c(OC)c2)cs1. The minimum absolute atomic E-state index is 0.138. The lowest BCUT2D eigenvalue weighted by molar-refractivity contribution is 0.275. The van der Waals surface area contributed by atoms with E-state index in [0.29, 0.717) is 40.5 Å². The summed E-state index contributed by atoms with van der Waals surface area (Å²) in [6.07, 6.45) is 6.82. The van der Waals surface area contributed by atoms with E-state index in [0.717, 1.165) is 45.1 Å². The van der Waals surface area contributed by atoms with E-state index >= 15 is 0 Å². The fourth-order valence-corrected chi connectivity index (χ4v) is 5.95. The number of aryl methyl sites for hydroxylation is 2. The highest BCUT2D eigenvalue weighted by molar-refractivity contribution is 7.71. The Labute approximate surface area is 296 Å². The molecule has 0 aliphatic carbocycles. The minimum Gasteiger partial charge on any atom is -0.493 e. The first-order valence-corrected chi connectivity index (χ1v) is 17.1. The lowest BCUT2D eigenvalue weighted by Gasteiger charge is -2.12. The normalized spacial score (nSPS) is 11.3. The quantitative estimate of drug-likeness (QED) is 0.116. The van der Waals surface area contributed by atoms with Crippen molar-refractivity contribution in [2.45, 2.75) is 33.5 Å². The van der Waals surface area contributed by atoms with E-state index in [2.05, 4.69) is 22.0 Å². The van der Waals surface area contributed by atoms with Gasteiger partial charge in [0.05, 0.1) is 29.1 Å². The molecule has 0 aliphatic rings. The number of nitrogens with zero attached hydrogens (tertiary/aromatic N) is 5. The number of aromatic nitrogens is 6. The Morgan fingerprint density at radius 1 is 0.920 bits per heavy atom. The van der Waals surface area contributed by atoms with Crippen molar-refractivity contribution in [3.05, 3.63) is 122 Å². The molecule has 0 bridgehead atoms. The number of benzene rings is 3. The van der Waals surface area contributed by atoms with Crippen LogP contribution in [0.1, 0.15) is 40.2 Å². The molecule has 0 amide bonds. The first-order valence-electron chi connectivity index (χ1n) is 15.8. The first kappa shape index (κ1) is 32.7. The van der Waals surface area contributed by atoms with Gasteiger partial charge in [-0.1, -0.05) is 43.3 Å². The standard InChI is InChI=1S/C37H32N6O5S2/c1-4-33-38-28(22-50-33)15-14-27-19-43(29-11-6-5-7-12-29)41-36(27)46-20-24-13-16-31(32(17-24)44-3)45-21-30-23(2)47-35(39-30)26-10-8-9-25(18-26)34-40-37(49)48-42-34/h5-19,22H,4,20-21H2,1-3H3,(H,40,42,49). The van der Waals surface area contributed by atoms with Gasteiger partial charge in [-0.2, -0.15) is 4.98 Å². The molecule has 3 aromatic carbocycles. The Balaban J connectivity index is 1.04. The molecule has 0 saturated heterocycles. The average Bonchev–Trinajstić information content (AvgIpc) is 3.97. The minimum atomic E-state index is 0.138. The molecule has 0 atom stereocenters. The maximum atomic E-state index is 6.27. The zero-order valence-corrected chi connectivity index (χ0v) is 29.1. The van der Waals surface area contributed by atoms with Gasteiger partial charge in [0.1, 0.15) is 24.7 Å². The van der Waals surface area contributed by atoms with Gasteiger partial charge in [0.25, 0.3) is 0 Å². The number of ether oxygens (including phenoxy) is 3. The number of rotatable bonds is 13. The average molecular weight is 705 g/mol. The van der Waals surface area contributed by atoms with Gasteiger partial charge in [-0.25, -0.2) is 19.8 Å². The number of oxazole rings is 1. The van der Waals surface area contributed by atoms with Crippen molar-refractivity contribution in [2.24, 2.45) is 0 Å². The largest absolute Gasteiger partial charge is 0.493 e. The highest BCUT2D eigenvalue weighted by atomic mass is 32.1. The van der Waals surface area contributed by atoms with Crippen molar-refractivity contribution >= 4 is 35.7 Å². The molecule has 13 heteroatoms. The Bertz CT molecular complexity index is 2320. The summed E-state index contributed by atoms with van der Waals surface area (Å²) in [5, 5.41) is 10.6. The summed E-state index contributed by atoms with van der Waals surface area (Å²) in [6, 6.07) is 23.2. The lowest BCUT2D eigenvalue weighted by Crippen LogP contribution is -2.02. The van der Waals surface area contributed by atoms with Crippen LogP contribution >= 0.6 is 23.6 Å². The highest BCUT2D eigenvalue weighted by Crippen LogP contribution is 2.32. The Kier molecular flexibility index (Phi) is 9.67. The fraction of sp³-hybridized carbons (Fsp3) is 0.162. The van der Waals surface area contributed by atoms with Crippen LogP contribution in [0.5, 0.6) is 17.4 Å². The number of methoxy groups -OCH3 is 1. The van der Waals surface area contributed by atoms with Gasteiger partial charge in [0.2, 0.25) is 11.8 Å². The van der Waals surface area contributed by atoms with Crippen LogP contribution in [0.25, 0.3) is 40.7 Å². The van der Waals surface area contributed by atoms with E-state index in [1.165, 1.54) is 0 Å². The van der Waals surface area contributed by atoms with Crippen LogP contribution in [0.3, 0.4) is 0 Å². The second-order valence-corrected chi connectivity index (χ2v) is 12.4. The van der Waals surface area contributed by atoms with Crippen LogP contribution in [0.15, 0.2) is 93.3 Å². The van der Waals surface area contributed by atoms with Crippen LogP contribution in [0.2, 0.25) is 0 Å². The molecule has 0 radical (unpaired) electrons. The predicted molar refractivity (Wildman–Crippen MR) is 193 cm³/mol. The second kappa shape index (κ2) is 14.8. The second-order valence-electron chi connectivity index (χ2n) is 11.1. The van der Waals surface area contributed by atoms with Crippen molar-refractivity contribution in [2.75, 3.05) is 7.11 Å². The summed E-state index contributed by atoms with van der Waals surface area (Å²) in [7, 11) is 1.60. The van der Waals surface area contributed by atoms with Crippen LogP contribution in [-0.2, 0) is 19.6 Å². The van der Waals surface area contributed by atoms with E-state index in [-0.39, 0.29) is 18.1 Å². The van der Waals surface area contributed by atoms with E-state index in [4.69, 9.17) is 45.5 Å². The van der Waals surface area contributed by atoms with Gasteiger partial charge < -0.3 is 23.2 Å². The van der Waals surface area contributed by atoms with E-state index in [1.807, 2.05) is 108 Å². The van der Waals surface area contributed by atoms with Crippen molar-refractivity contribution in [3.63, 3.8) is 0 Å². The fourth-order valence-electron chi connectivity index (χ4n) is 5.11. The zero-order valence-electron chi connectivity index (χ0n) is 27.5. The maximum absolute atomic E-state index is 6.27. The summed E-state index contributed by atoms with van der Waals surface area (Å²) in [5.41, 5.74) is 5.80. The monoisotopic (exact) mass is 704 g/mol. The van der Waals surface area contributed by atoms with Crippen LogP contribution in [0.4, 0.5) is 0 Å². The summed E-state index contributed by atoms with van der Waals surface area (Å²) in [4.78, 5) is 13.7. The molecule has 0 saturated carbocycles. The van der Waals surface area contributed by atoms with Gasteiger partial charge in [-0.05, 0) is 79.7 Å². The summed E-state index contributed by atoms with van der Waals surface area (Å²) in [5.74, 6) is 3.27. The van der Waals surface area contributed by atoms with E-state index in [1.54, 1.807) is 18.4 Å². The third-order valence-electron chi connectivity index (χ3n) is 7.71. The number of aromatic amines is 1. The van der Waals surface area contributed by atoms with Crippen LogP contribution < -0.4 is 14.2 Å². The topological polar surface area (TPSA) is 126 Å². The van der Waals surface area contributed by atoms with Crippen molar-refractivity contribution in [3.8, 4) is 45.9 Å². The number of H-pyrrole nitrogens is 1. The molecule has 0 aliphatic heterocycles. The Hall–Kier alpha value is -5.79. The first-order chi connectivity index (χ1) is 24.4. The number of hydrogen-bond acceptors (Lipinski definition) is 11. The smallest absolute Gasteiger partial charge is 0.314 e.